The van der Waals surface area contributed by atoms with Crippen molar-refractivity contribution in [2.24, 2.45) is 5.73 Å². The first-order valence-corrected chi connectivity index (χ1v) is 6.05. The molecule has 1 unspecified atom stereocenters. The SMILES string of the molecule is CCCOc1cc(N(C)CCC(C)N)ncn1. The van der Waals surface area contributed by atoms with Gasteiger partial charge in [0.15, 0.2) is 0 Å². The largest absolute Gasteiger partial charge is 0.478 e. The minimum atomic E-state index is 0.204. The Morgan fingerprint density at radius 2 is 2.24 bits per heavy atom. The highest BCUT2D eigenvalue weighted by Gasteiger charge is 2.06. The van der Waals surface area contributed by atoms with Crippen LogP contribution in [0.2, 0.25) is 0 Å². The summed E-state index contributed by atoms with van der Waals surface area (Å²) in [6.07, 6.45) is 3.44. The van der Waals surface area contributed by atoms with E-state index in [0.29, 0.717) is 12.5 Å². The van der Waals surface area contributed by atoms with E-state index < -0.39 is 0 Å². The number of aromatic nitrogens is 2. The van der Waals surface area contributed by atoms with Crippen LogP contribution < -0.4 is 15.4 Å². The summed E-state index contributed by atoms with van der Waals surface area (Å²) in [5.74, 6) is 1.50. The molecule has 0 saturated carbocycles. The second-order valence-electron chi connectivity index (χ2n) is 4.25. The maximum Gasteiger partial charge on any atom is 0.218 e. The molecule has 0 aliphatic rings. The summed E-state index contributed by atoms with van der Waals surface area (Å²) < 4.78 is 5.47. The van der Waals surface area contributed by atoms with Crippen LogP contribution in [0.5, 0.6) is 5.88 Å². The van der Waals surface area contributed by atoms with Crippen molar-refractivity contribution < 1.29 is 4.74 Å². The van der Waals surface area contributed by atoms with Crippen molar-refractivity contribution in [1.82, 2.24) is 9.97 Å². The molecule has 96 valence electrons. The van der Waals surface area contributed by atoms with E-state index in [0.717, 1.165) is 25.2 Å². The third-order valence-electron chi connectivity index (χ3n) is 2.39. The number of nitrogens with two attached hydrogens (primary N) is 1. The van der Waals surface area contributed by atoms with Gasteiger partial charge in [-0.25, -0.2) is 9.97 Å². The molecule has 1 heterocycles. The lowest BCUT2D eigenvalue weighted by Crippen LogP contribution is -2.26. The van der Waals surface area contributed by atoms with Gasteiger partial charge in [-0.1, -0.05) is 6.92 Å². The number of hydrogen-bond donors (Lipinski definition) is 1. The van der Waals surface area contributed by atoms with Gasteiger partial charge in [0.1, 0.15) is 12.1 Å². The first kappa shape index (κ1) is 13.7. The van der Waals surface area contributed by atoms with Crippen LogP contribution in [0.3, 0.4) is 0 Å². The summed E-state index contributed by atoms with van der Waals surface area (Å²) in [5, 5.41) is 0. The fourth-order valence-electron chi connectivity index (χ4n) is 1.34. The van der Waals surface area contributed by atoms with E-state index in [2.05, 4.69) is 21.8 Å². The highest BCUT2D eigenvalue weighted by molar-refractivity contribution is 5.39. The highest BCUT2D eigenvalue weighted by atomic mass is 16.5. The second-order valence-corrected chi connectivity index (χ2v) is 4.25. The molecule has 2 N–H and O–H groups in total. The zero-order chi connectivity index (χ0) is 12.7. The van der Waals surface area contributed by atoms with Crippen molar-refractivity contribution in [2.45, 2.75) is 32.7 Å². The van der Waals surface area contributed by atoms with Gasteiger partial charge in [0.25, 0.3) is 0 Å². The molecule has 5 nitrogen and oxygen atoms in total. The zero-order valence-electron chi connectivity index (χ0n) is 10.9. The van der Waals surface area contributed by atoms with Gasteiger partial charge in [0.05, 0.1) is 6.61 Å². The predicted octanol–water partition coefficient (Wildman–Crippen LogP) is 1.44. The Bertz CT molecular complexity index is 330. The number of anilines is 1. The van der Waals surface area contributed by atoms with Crippen LogP contribution >= 0.6 is 0 Å². The van der Waals surface area contributed by atoms with Gasteiger partial charge in [-0.2, -0.15) is 0 Å². The Balaban J connectivity index is 2.57. The molecule has 1 rings (SSSR count). The molecular formula is C12H22N4O. The van der Waals surface area contributed by atoms with E-state index in [-0.39, 0.29) is 6.04 Å². The first-order valence-electron chi connectivity index (χ1n) is 6.05. The van der Waals surface area contributed by atoms with Gasteiger partial charge in [-0.3, -0.25) is 0 Å². The molecular weight excluding hydrogens is 216 g/mol. The van der Waals surface area contributed by atoms with Crippen molar-refractivity contribution in [3.63, 3.8) is 0 Å². The Morgan fingerprint density at radius 1 is 1.47 bits per heavy atom. The fourth-order valence-corrected chi connectivity index (χ4v) is 1.34. The van der Waals surface area contributed by atoms with Gasteiger partial charge in [0, 0.05) is 25.7 Å². The minimum Gasteiger partial charge on any atom is -0.478 e. The Labute approximate surface area is 103 Å². The number of hydrogen-bond acceptors (Lipinski definition) is 5. The number of rotatable bonds is 7. The third-order valence-corrected chi connectivity index (χ3v) is 2.39. The van der Waals surface area contributed by atoms with Crippen LogP contribution in [0, 0.1) is 0 Å². The maximum atomic E-state index is 5.73. The normalized spacial score (nSPS) is 12.2. The zero-order valence-corrected chi connectivity index (χ0v) is 10.9. The maximum absolute atomic E-state index is 5.73. The van der Waals surface area contributed by atoms with Gasteiger partial charge >= 0.3 is 0 Å². The smallest absolute Gasteiger partial charge is 0.218 e. The Kier molecular flexibility index (Phi) is 5.69. The lowest BCUT2D eigenvalue weighted by Gasteiger charge is -2.19. The molecule has 0 bridgehead atoms. The standard InChI is InChI=1S/C12H22N4O/c1-4-7-17-12-8-11(14-9-15-12)16(3)6-5-10(2)13/h8-10H,4-7,13H2,1-3H3. The fraction of sp³-hybridized carbons (Fsp3) is 0.667. The van der Waals surface area contributed by atoms with Crippen molar-refractivity contribution in [3.8, 4) is 5.88 Å². The van der Waals surface area contributed by atoms with Crippen LogP contribution in [-0.4, -0.2) is 36.2 Å². The van der Waals surface area contributed by atoms with Gasteiger partial charge in [-0.15, -0.1) is 0 Å². The quantitative estimate of drug-likeness (QED) is 0.778. The van der Waals surface area contributed by atoms with Crippen molar-refractivity contribution >= 4 is 5.82 Å². The Morgan fingerprint density at radius 3 is 2.88 bits per heavy atom. The van der Waals surface area contributed by atoms with Gasteiger partial charge < -0.3 is 15.4 Å². The third kappa shape index (κ3) is 4.99. The minimum absolute atomic E-state index is 0.204. The van der Waals surface area contributed by atoms with Crippen molar-refractivity contribution in [3.05, 3.63) is 12.4 Å². The summed E-state index contributed by atoms with van der Waals surface area (Å²) >= 11 is 0. The van der Waals surface area contributed by atoms with E-state index in [1.165, 1.54) is 6.33 Å². The molecule has 0 aromatic carbocycles. The molecule has 0 saturated heterocycles. The highest BCUT2D eigenvalue weighted by Crippen LogP contribution is 2.14. The molecule has 17 heavy (non-hydrogen) atoms. The molecule has 1 aromatic heterocycles. The molecule has 5 heteroatoms. The van der Waals surface area contributed by atoms with E-state index in [1.807, 2.05) is 20.0 Å². The number of nitrogens with zero attached hydrogens (tertiary/aromatic N) is 3. The Hall–Kier alpha value is -1.36. The molecule has 0 aliphatic carbocycles. The molecule has 0 spiro atoms. The van der Waals surface area contributed by atoms with Crippen LogP contribution in [0.25, 0.3) is 0 Å². The predicted molar refractivity (Wildman–Crippen MR) is 69.4 cm³/mol. The van der Waals surface area contributed by atoms with Crippen LogP contribution in [0.1, 0.15) is 26.7 Å². The van der Waals surface area contributed by atoms with Crippen LogP contribution in [0.4, 0.5) is 5.82 Å². The molecule has 1 aromatic rings. The van der Waals surface area contributed by atoms with Crippen molar-refractivity contribution in [2.75, 3.05) is 25.1 Å². The van der Waals surface area contributed by atoms with Crippen LogP contribution in [0.15, 0.2) is 12.4 Å². The summed E-state index contributed by atoms with van der Waals surface area (Å²) in [7, 11) is 1.99. The molecule has 0 amide bonds. The average molecular weight is 238 g/mol. The molecule has 0 aliphatic heterocycles. The number of ether oxygens (including phenoxy) is 1. The summed E-state index contributed by atoms with van der Waals surface area (Å²) in [6.45, 7) is 5.63. The summed E-state index contributed by atoms with van der Waals surface area (Å²) in [6, 6.07) is 2.06. The lowest BCUT2D eigenvalue weighted by atomic mass is 10.2. The van der Waals surface area contributed by atoms with Gasteiger partial charge in [-0.05, 0) is 19.8 Å². The monoisotopic (exact) mass is 238 g/mol. The lowest BCUT2D eigenvalue weighted by molar-refractivity contribution is 0.304. The topological polar surface area (TPSA) is 64.3 Å². The van der Waals surface area contributed by atoms with E-state index in [4.69, 9.17) is 10.5 Å². The van der Waals surface area contributed by atoms with Crippen LogP contribution in [-0.2, 0) is 0 Å². The molecule has 0 fully saturated rings. The van der Waals surface area contributed by atoms with Crippen molar-refractivity contribution in [1.29, 1.82) is 0 Å². The second kappa shape index (κ2) is 7.06. The summed E-state index contributed by atoms with van der Waals surface area (Å²) in [4.78, 5) is 10.3. The summed E-state index contributed by atoms with van der Waals surface area (Å²) in [5.41, 5.74) is 5.73. The van der Waals surface area contributed by atoms with Gasteiger partial charge in [0.2, 0.25) is 5.88 Å². The van der Waals surface area contributed by atoms with E-state index >= 15 is 0 Å². The molecule has 0 radical (unpaired) electrons. The molecule has 1 atom stereocenters. The first-order chi connectivity index (χ1) is 8.13. The average Bonchev–Trinajstić information content (AvgIpc) is 2.33. The van der Waals surface area contributed by atoms with E-state index in [9.17, 15) is 0 Å². The van der Waals surface area contributed by atoms with E-state index in [1.54, 1.807) is 0 Å².